The van der Waals surface area contributed by atoms with Crippen molar-refractivity contribution >= 4 is 21.7 Å². The molecule has 0 aromatic carbocycles. The molecule has 2 N–H and O–H groups in total. The Hall–Kier alpha value is -1.63. The summed E-state index contributed by atoms with van der Waals surface area (Å²) < 4.78 is 2.12. The third kappa shape index (κ3) is 2.30. The van der Waals surface area contributed by atoms with Gasteiger partial charge in [0.2, 0.25) is 0 Å². The molecule has 0 aliphatic carbocycles. The molecular weight excluding hydrogens is 274 g/mol. The fraction of sp³-hybridized carbons (Fsp3) is 0.222. The van der Waals surface area contributed by atoms with Crippen molar-refractivity contribution in [3.05, 3.63) is 39.1 Å². The molecule has 0 saturated carbocycles. The van der Waals surface area contributed by atoms with Gasteiger partial charge in [0.25, 0.3) is 5.56 Å². The molecule has 0 bridgehead atoms. The Kier molecular flexibility index (Phi) is 3.04. The quantitative estimate of drug-likeness (QED) is 0.877. The van der Waals surface area contributed by atoms with E-state index in [0.29, 0.717) is 16.8 Å². The Bertz CT molecular complexity index is 547. The van der Waals surface area contributed by atoms with Crippen LogP contribution in [-0.2, 0) is 13.6 Å². The first-order chi connectivity index (χ1) is 7.66. The molecule has 0 spiro atoms. The molecule has 16 heavy (non-hydrogen) atoms. The molecule has 0 aliphatic rings. The summed E-state index contributed by atoms with van der Waals surface area (Å²) in [5, 5.41) is 7.10. The Balaban J connectivity index is 2.10. The predicted molar refractivity (Wildman–Crippen MR) is 63.1 cm³/mol. The fourth-order valence-electron chi connectivity index (χ4n) is 1.26. The summed E-state index contributed by atoms with van der Waals surface area (Å²) in [6.07, 6.45) is 5.01. The third-order valence-electron chi connectivity index (χ3n) is 2.01. The molecule has 0 unspecified atom stereocenters. The molecule has 0 amide bonds. The van der Waals surface area contributed by atoms with Crippen LogP contribution in [-0.4, -0.2) is 19.7 Å². The number of hydrogen-bond donors (Lipinski definition) is 2. The SMILES string of the molecule is Cn1cc(CNc2nc[nH]c(=O)c2Br)cn1. The number of nitrogens with zero attached hydrogens (tertiary/aromatic N) is 3. The van der Waals surface area contributed by atoms with E-state index in [2.05, 4.69) is 36.3 Å². The van der Waals surface area contributed by atoms with Gasteiger partial charge in [0.1, 0.15) is 10.3 Å². The van der Waals surface area contributed by atoms with Crippen molar-refractivity contribution in [3.63, 3.8) is 0 Å². The maximum Gasteiger partial charge on any atom is 0.267 e. The Morgan fingerprint density at radius 1 is 1.62 bits per heavy atom. The minimum absolute atomic E-state index is 0.205. The first kappa shape index (κ1) is 10.9. The highest BCUT2D eigenvalue weighted by Crippen LogP contribution is 2.13. The van der Waals surface area contributed by atoms with Crippen LogP contribution in [0.5, 0.6) is 0 Å². The number of aromatic nitrogens is 4. The fourth-order valence-corrected chi connectivity index (χ4v) is 1.61. The average molecular weight is 284 g/mol. The van der Waals surface area contributed by atoms with Crippen LogP contribution in [0.25, 0.3) is 0 Å². The van der Waals surface area contributed by atoms with Gasteiger partial charge in [-0.3, -0.25) is 9.48 Å². The van der Waals surface area contributed by atoms with Crippen LogP contribution in [0.3, 0.4) is 0 Å². The van der Waals surface area contributed by atoms with Crippen LogP contribution >= 0.6 is 15.9 Å². The summed E-state index contributed by atoms with van der Waals surface area (Å²) in [6.45, 7) is 0.572. The second-order valence-electron chi connectivity index (χ2n) is 3.27. The monoisotopic (exact) mass is 283 g/mol. The summed E-state index contributed by atoms with van der Waals surface area (Å²) in [4.78, 5) is 17.7. The van der Waals surface area contributed by atoms with Crippen molar-refractivity contribution < 1.29 is 0 Å². The summed E-state index contributed by atoms with van der Waals surface area (Å²) in [5.41, 5.74) is 0.820. The number of rotatable bonds is 3. The van der Waals surface area contributed by atoms with Crippen LogP contribution in [0.1, 0.15) is 5.56 Å². The number of aryl methyl sites for hydroxylation is 1. The summed E-state index contributed by atoms with van der Waals surface area (Å²) in [7, 11) is 1.85. The normalized spacial score (nSPS) is 10.4. The number of aromatic amines is 1. The van der Waals surface area contributed by atoms with E-state index in [1.165, 1.54) is 6.33 Å². The van der Waals surface area contributed by atoms with Gasteiger partial charge in [-0.2, -0.15) is 5.10 Å². The third-order valence-corrected chi connectivity index (χ3v) is 2.75. The van der Waals surface area contributed by atoms with Crippen molar-refractivity contribution in [2.75, 3.05) is 5.32 Å². The number of anilines is 1. The largest absolute Gasteiger partial charge is 0.365 e. The highest BCUT2D eigenvalue weighted by atomic mass is 79.9. The second kappa shape index (κ2) is 4.48. The van der Waals surface area contributed by atoms with Crippen molar-refractivity contribution in [1.29, 1.82) is 0 Å². The second-order valence-corrected chi connectivity index (χ2v) is 4.06. The van der Waals surface area contributed by atoms with E-state index >= 15 is 0 Å². The zero-order chi connectivity index (χ0) is 11.5. The maximum atomic E-state index is 11.3. The number of H-pyrrole nitrogens is 1. The summed E-state index contributed by atoms with van der Waals surface area (Å²) in [5.74, 6) is 0.521. The molecule has 0 atom stereocenters. The highest BCUT2D eigenvalue weighted by molar-refractivity contribution is 9.10. The molecule has 0 fully saturated rings. The van der Waals surface area contributed by atoms with Crippen molar-refractivity contribution in [2.45, 2.75) is 6.54 Å². The molecule has 2 aromatic heterocycles. The van der Waals surface area contributed by atoms with Gasteiger partial charge in [-0.25, -0.2) is 4.98 Å². The van der Waals surface area contributed by atoms with E-state index in [9.17, 15) is 4.79 Å². The standard InChI is InChI=1S/C9H10BrN5O/c1-15-4-6(3-14-15)2-11-8-7(10)9(16)13-5-12-8/h3-5H,2H2,1H3,(H2,11,12,13,16). The summed E-state index contributed by atoms with van der Waals surface area (Å²) in [6, 6.07) is 0. The van der Waals surface area contributed by atoms with Crippen molar-refractivity contribution in [2.24, 2.45) is 7.05 Å². The van der Waals surface area contributed by atoms with Gasteiger partial charge >= 0.3 is 0 Å². The lowest BCUT2D eigenvalue weighted by Crippen LogP contribution is -2.11. The van der Waals surface area contributed by atoms with E-state index in [1.807, 2.05) is 13.2 Å². The van der Waals surface area contributed by atoms with E-state index in [4.69, 9.17) is 0 Å². The number of nitrogens with one attached hydrogen (secondary N) is 2. The molecule has 0 radical (unpaired) electrons. The summed E-state index contributed by atoms with van der Waals surface area (Å²) >= 11 is 3.17. The number of hydrogen-bond acceptors (Lipinski definition) is 4. The minimum atomic E-state index is -0.205. The molecule has 2 heterocycles. The first-order valence-electron chi connectivity index (χ1n) is 4.61. The Morgan fingerprint density at radius 3 is 3.12 bits per heavy atom. The average Bonchev–Trinajstić information content (AvgIpc) is 2.67. The van der Waals surface area contributed by atoms with Crippen LogP contribution in [0.4, 0.5) is 5.82 Å². The lowest BCUT2D eigenvalue weighted by atomic mass is 10.3. The van der Waals surface area contributed by atoms with Crippen molar-refractivity contribution in [3.8, 4) is 0 Å². The van der Waals surface area contributed by atoms with Crippen LogP contribution in [0.15, 0.2) is 28.0 Å². The van der Waals surface area contributed by atoms with Crippen LogP contribution in [0.2, 0.25) is 0 Å². The zero-order valence-electron chi connectivity index (χ0n) is 8.57. The van der Waals surface area contributed by atoms with Gasteiger partial charge in [-0.1, -0.05) is 0 Å². The van der Waals surface area contributed by atoms with Crippen molar-refractivity contribution in [1.82, 2.24) is 19.7 Å². The smallest absolute Gasteiger partial charge is 0.267 e. The molecule has 7 heteroatoms. The van der Waals surface area contributed by atoms with Gasteiger partial charge in [0, 0.05) is 25.4 Å². The molecule has 0 aliphatic heterocycles. The molecule has 2 rings (SSSR count). The topological polar surface area (TPSA) is 75.6 Å². The van der Waals surface area contributed by atoms with Gasteiger partial charge < -0.3 is 10.3 Å². The van der Waals surface area contributed by atoms with Gasteiger partial charge in [-0.05, 0) is 15.9 Å². The van der Waals surface area contributed by atoms with Gasteiger partial charge in [0.05, 0.1) is 12.5 Å². The van der Waals surface area contributed by atoms with Gasteiger partial charge in [-0.15, -0.1) is 0 Å². The minimum Gasteiger partial charge on any atom is -0.365 e. The number of halogens is 1. The Morgan fingerprint density at radius 2 is 2.44 bits per heavy atom. The van der Waals surface area contributed by atoms with Gasteiger partial charge in [0.15, 0.2) is 0 Å². The maximum absolute atomic E-state index is 11.3. The van der Waals surface area contributed by atoms with Crippen LogP contribution in [0, 0.1) is 0 Å². The molecule has 6 nitrogen and oxygen atoms in total. The van der Waals surface area contributed by atoms with E-state index in [1.54, 1.807) is 10.9 Å². The lowest BCUT2D eigenvalue weighted by molar-refractivity contribution is 0.767. The highest BCUT2D eigenvalue weighted by Gasteiger charge is 2.04. The van der Waals surface area contributed by atoms with E-state index < -0.39 is 0 Å². The lowest BCUT2D eigenvalue weighted by Gasteiger charge is -2.04. The molecule has 84 valence electrons. The molecule has 2 aromatic rings. The predicted octanol–water partition coefficient (Wildman–Crippen LogP) is 0.878. The Labute approximate surface area is 99.8 Å². The zero-order valence-corrected chi connectivity index (χ0v) is 10.2. The van der Waals surface area contributed by atoms with Crippen LogP contribution < -0.4 is 10.9 Å². The molecular formula is C9H10BrN5O. The molecule has 0 saturated heterocycles. The first-order valence-corrected chi connectivity index (χ1v) is 5.40. The van der Waals surface area contributed by atoms with E-state index in [-0.39, 0.29) is 5.56 Å². The van der Waals surface area contributed by atoms with E-state index in [0.717, 1.165) is 5.56 Å².